The molecule has 0 aromatic rings. The molecule has 10 N–H and O–H groups in total. The number of imide groups is 1. The minimum absolute atomic E-state index is 0.196. The fraction of sp³-hybridized carbons (Fsp3) is 0.773. The van der Waals surface area contributed by atoms with E-state index in [9.17, 15) is 44.4 Å². The zero-order valence-corrected chi connectivity index (χ0v) is 20.8. The van der Waals surface area contributed by atoms with Gasteiger partial charge in [0.25, 0.3) is 0 Å². The summed E-state index contributed by atoms with van der Waals surface area (Å²) < 4.78 is 18.5. The summed E-state index contributed by atoms with van der Waals surface area (Å²) in [5.74, 6) is -6.36. The number of aliphatic carboxylic acids is 2. The van der Waals surface area contributed by atoms with Gasteiger partial charge in [0.05, 0.1) is 18.7 Å². The highest BCUT2D eigenvalue weighted by atomic mass is 16.6. The van der Waals surface area contributed by atoms with E-state index in [0.29, 0.717) is 4.90 Å². The average molecular weight is 536 g/mol. The van der Waals surface area contributed by atoms with E-state index in [0.717, 1.165) is 6.92 Å². The molecule has 15 heteroatoms. The van der Waals surface area contributed by atoms with Gasteiger partial charge in [-0.05, 0) is 26.2 Å². The molecule has 37 heavy (non-hydrogen) atoms. The van der Waals surface area contributed by atoms with E-state index < -0.39 is 97.3 Å². The van der Waals surface area contributed by atoms with Crippen LogP contribution < -0.4 is 17.2 Å². The highest BCUT2D eigenvalue weighted by Gasteiger charge is 2.61. The van der Waals surface area contributed by atoms with Crippen LogP contribution in [0.3, 0.4) is 0 Å². The molecule has 3 amide bonds. The molecule has 15 nitrogen and oxygen atoms in total. The van der Waals surface area contributed by atoms with Crippen LogP contribution in [0.5, 0.6) is 0 Å². The molecule has 1 fully saturated rings. The summed E-state index contributed by atoms with van der Waals surface area (Å²) in [5.41, 5.74) is 15.4. The lowest BCUT2D eigenvalue weighted by Gasteiger charge is -2.52. The summed E-state index contributed by atoms with van der Waals surface area (Å²) in [6.07, 6.45) is -10.2. The van der Waals surface area contributed by atoms with E-state index in [1.54, 1.807) is 6.92 Å². The molecule has 8 atom stereocenters. The first-order chi connectivity index (χ1) is 17.7. The van der Waals surface area contributed by atoms with Crippen LogP contribution in [-0.2, 0) is 33.4 Å². The maximum absolute atomic E-state index is 13.5. The van der Waals surface area contributed by atoms with Crippen molar-refractivity contribution in [2.24, 2.45) is 17.2 Å². The Morgan fingerprint density at radius 2 is 1.84 bits per heavy atom. The van der Waals surface area contributed by atoms with E-state index >= 15 is 0 Å². The molecule has 0 radical (unpaired) electrons. The molecular weight excluding hydrogens is 496 g/mol. The number of carboxylic acid groups (broad SMARTS) is 2. The SMILES string of the molecule is [2H]CC[C@H](N)C(=O)N(C(=O)CCC)[C@@](CCC(=O)O)(C(N)=O)C1O[C@H](CO)[C@@H](O)[C@H](O[C@H](C)C(=O)O)[C@H]1N. The van der Waals surface area contributed by atoms with Crippen LogP contribution in [0.25, 0.3) is 0 Å². The van der Waals surface area contributed by atoms with E-state index in [2.05, 4.69) is 0 Å². The van der Waals surface area contributed by atoms with Crippen LogP contribution in [0.4, 0.5) is 0 Å². The third-order valence-corrected chi connectivity index (χ3v) is 6.24. The Balaban J connectivity index is 3.91. The third-order valence-electron chi connectivity index (χ3n) is 6.24. The third kappa shape index (κ3) is 7.00. The molecule has 1 aliphatic rings. The maximum atomic E-state index is 13.5. The summed E-state index contributed by atoms with van der Waals surface area (Å²) in [6.45, 7) is 1.52. The van der Waals surface area contributed by atoms with E-state index in [1.807, 2.05) is 0 Å². The number of aliphatic hydroxyl groups is 2. The summed E-state index contributed by atoms with van der Waals surface area (Å²) >= 11 is 0. The van der Waals surface area contributed by atoms with Gasteiger partial charge in [0.2, 0.25) is 17.7 Å². The Hall–Kier alpha value is -2.69. The van der Waals surface area contributed by atoms with Crippen molar-refractivity contribution in [3.05, 3.63) is 0 Å². The van der Waals surface area contributed by atoms with Gasteiger partial charge >= 0.3 is 11.9 Å². The normalized spacial score (nSPS) is 27.3. The number of nitrogens with two attached hydrogens (primary N) is 3. The molecule has 212 valence electrons. The summed E-state index contributed by atoms with van der Waals surface area (Å²) in [5, 5.41) is 39.2. The Bertz CT molecular complexity index is 878. The lowest BCUT2D eigenvalue weighted by atomic mass is 9.76. The number of carboxylic acids is 2. The highest BCUT2D eigenvalue weighted by molar-refractivity contribution is 6.04. The Kier molecular flexibility index (Phi) is 11.3. The van der Waals surface area contributed by atoms with Gasteiger partial charge in [-0.15, -0.1) is 0 Å². The molecule has 1 rings (SSSR count). The van der Waals surface area contributed by atoms with Gasteiger partial charge in [-0.25, -0.2) is 4.79 Å². The fourth-order valence-electron chi connectivity index (χ4n) is 4.23. The van der Waals surface area contributed by atoms with Crippen LogP contribution in [0, 0.1) is 0 Å². The van der Waals surface area contributed by atoms with Gasteiger partial charge in [-0.1, -0.05) is 13.8 Å². The monoisotopic (exact) mass is 535 g/mol. The number of ether oxygens (including phenoxy) is 2. The van der Waals surface area contributed by atoms with Gasteiger partial charge in [0.1, 0.15) is 24.4 Å². The van der Waals surface area contributed by atoms with Crippen molar-refractivity contribution in [3.8, 4) is 0 Å². The lowest BCUT2D eigenvalue weighted by Crippen LogP contribution is -2.77. The van der Waals surface area contributed by atoms with Crippen LogP contribution >= 0.6 is 0 Å². The van der Waals surface area contributed by atoms with Crippen LogP contribution in [0.15, 0.2) is 0 Å². The number of aliphatic hydroxyl groups excluding tert-OH is 2. The fourth-order valence-corrected chi connectivity index (χ4v) is 4.23. The van der Waals surface area contributed by atoms with Gasteiger partial charge < -0.3 is 47.1 Å². The van der Waals surface area contributed by atoms with Crippen molar-refractivity contribution in [3.63, 3.8) is 0 Å². The predicted molar refractivity (Wildman–Crippen MR) is 126 cm³/mol. The molecule has 0 aliphatic carbocycles. The first kappa shape index (κ1) is 30.5. The molecule has 0 aromatic carbocycles. The average Bonchev–Trinajstić information content (AvgIpc) is 2.84. The van der Waals surface area contributed by atoms with Gasteiger partial charge in [-0.2, -0.15) is 0 Å². The Morgan fingerprint density at radius 3 is 2.30 bits per heavy atom. The lowest BCUT2D eigenvalue weighted by molar-refractivity contribution is -0.237. The summed E-state index contributed by atoms with van der Waals surface area (Å²) in [4.78, 5) is 63.5. The minimum atomic E-state index is -2.61. The number of hydrogen-bond donors (Lipinski definition) is 7. The zero-order chi connectivity index (χ0) is 29.4. The summed E-state index contributed by atoms with van der Waals surface area (Å²) in [6, 6.07) is -3.12. The van der Waals surface area contributed by atoms with E-state index in [-0.39, 0.29) is 26.2 Å². The molecule has 1 saturated heterocycles. The molecule has 1 heterocycles. The number of carbonyl (C=O) groups excluding carboxylic acids is 3. The second-order valence-corrected chi connectivity index (χ2v) is 8.82. The summed E-state index contributed by atoms with van der Waals surface area (Å²) in [7, 11) is 0. The van der Waals surface area contributed by atoms with E-state index in [1.165, 1.54) is 0 Å². The molecule has 0 bridgehead atoms. The Morgan fingerprint density at radius 1 is 1.22 bits per heavy atom. The molecular formula is C22H38N4O11. The van der Waals surface area contributed by atoms with Crippen molar-refractivity contribution >= 4 is 29.7 Å². The van der Waals surface area contributed by atoms with Crippen molar-refractivity contribution in [2.75, 3.05) is 6.61 Å². The second-order valence-electron chi connectivity index (χ2n) is 8.82. The predicted octanol–water partition coefficient (Wildman–Crippen LogP) is -2.73. The van der Waals surface area contributed by atoms with E-state index in [4.69, 9.17) is 28.0 Å². The van der Waals surface area contributed by atoms with Crippen molar-refractivity contribution in [1.82, 2.24) is 4.90 Å². The topological polar surface area (TPSA) is 266 Å². The number of hydrogen-bond acceptors (Lipinski definition) is 11. The van der Waals surface area contributed by atoms with Crippen molar-refractivity contribution < 1.29 is 55.2 Å². The highest BCUT2D eigenvalue weighted by Crippen LogP contribution is 2.37. The number of rotatable bonds is 14. The van der Waals surface area contributed by atoms with Crippen LogP contribution in [0.1, 0.15) is 54.2 Å². The molecule has 0 aromatic heterocycles. The molecule has 1 unspecified atom stereocenters. The number of amides is 3. The Labute approximate surface area is 215 Å². The number of carbonyl (C=O) groups is 5. The molecule has 0 spiro atoms. The number of primary amides is 1. The van der Waals surface area contributed by atoms with Crippen molar-refractivity contribution in [1.29, 1.82) is 0 Å². The number of nitrogens with zero attached hydrogens (tertiary/aromatic N) is 1. The van der Waals surface area contributed by atoms with Gasteiger partial charge in [0, 0.05) is 14.2 Å². The standard InChI is InChI=1S/C22H38N4O11/c1-4-6-13(28)26(19(32)11(23)5-2)22(21(25)35,8-7-14(29)30)18-15(24)17(36-10(3)20(33)34)16(31)12(9-27)37-18/h10-12,15-18,27,31H,4-9,23-24H2,1-3H3,(H2,25,35)(H,29,30)(H,33,34)/t10-,11+,12-,15-,16-,17-,18?,22-/m1/s1/i2D. The first-order valence-corrected chi connectivity index (χ1v) is 11.7. The second kappa shape index (κ2) is 13.7. The minimum Gasteiger partial charge on any atom is -0.481 e. The molecule has 1 aliphatic heterocycles. The van der Waals surface area contributed by atoms with Crippen molar-refractivity contribution in [2.45, 2.75) is 101 Å². The first-order valence-electron chi connectivity index (χ1n) is 12.4. The largest absolute Gasteiger partial charge is 0.481 e. The zero-order valence-electron chi connectivity index (χ0n) is 21.8. The maximum Gasteiger partial charge on any atom is 0.332 e. The molecule has 0 saturated carbocycles. The quantitative estimate of drug-likeness (QED) is 0.119. The smallest absolute Gasteiger partial charge is 0.332 e. The van der Waals surface area contributed by atoms with Gasteiger partial charge in [0.15, 0.2) is 11.6 Å². The van der Waals surface area contributed by atoms with Gasteiger partial charge in [-0.3, -0.25) is 24.1 Å². The van der Waals surface area contributed by atoms with Crippen LogP contribution in [-0.4, -0.2) is 110 Å². The van der Waals surface area contributed by atoms with Crippen LogP contribution in [0.2, 0.25) is 0 Å².